The summed E-state index contributed by atoms with van der Waals surface area (Å²) in [5, 5.41) is 3.27. The maximum absolute atomic E-state index is 4.14. The maximum Gasteiger partial charge on any atom is 0.0300 e. The Bertz CT molecular complexity index is 338. The van der Waals surface area contributed by atoms with Crippen LogP contribution >= 0.6 is 0 Å². The van der Waals surface area contributed by atoms with E-state index in [4.69, 9.17) is 0 Å². The van der Waals surface area contributed by atoms with E-state index in [1.807, 2.05) is 19.4 Å². The van der Waals surface area contributed by atoms with Crippen LogP contribution in [0.4, 0.5) is 0 Å². The Morgan fingerprint density at radius 2 is 2.44 bits per heavy atom. The molecule has 1 fully saturated rings. The fourth-order valence-electron chi connectivity index (χ4n) is 2.43. The smallest absolute Gasteiger partial charge is 0.0300 e. The van der Waals surface area contributed by atoms with Gasteiger partial charge >= 0.3 is 0 Å². The normalized spacial score (nSPS) is 21.5. The minimum absolute atomic E-state index is 0.826. The average molecular weight is 219 g/mol. The van der Waals surface area contributed by atoms with E-state index in [2.05, 4.69) is 28.2 Å². The second-order valence-corrected chi connectivity index (χ2v) is 4.75. The molecule has 2 heterocycles. The van der Waals surface area contributed by atoms with E-state index in [9.17, 15) is 0 Å². The molecule has 3 heteroatoms. The van der Waals surface area contributed by atoms with E-state index in [-0.39, 0.29) is 0 Å². The van der Waals surface area contributed by atoms with Crippen LogP contribution in [0.15, 0.2) is 18.5 Å². The van der Waals surface area contributed by atoms with Crippen molar-refractivity contribution in [2.24, 2.45) is 5.92 Å². The van der Waals surface area contributed by atoms with Gasteiger partial charge in [0.1, 0.15) is 0 Å². The summed E-state index contributed by atoms with van der Waals surface area (Å²) in [6, 6.07) is 2.14. The van der Waals surface area contributed by atoms with Crippen LogP contribution in [0.5, 0.6) is 0 Å². The lowest BCUT2D eigenvalue weighted by Gasteiger charge is -2.17. The van der Waals surface area contributed by atoms with Gasteiger partial charge in [-0.1, -0.05) is 0 Å². The highest BCUT2D eigenvalue weighted by atomic mass is 15.1. The number of hydrogen-bond donors (Lipinski definition) is 1. The lowest BCUT2D eigenvalue weighted by molar-refractivity contribution is 0.315. The van der Waals surface area contributed by atoms with Gasteiger partial charge < -0.3 is 5.32 Å². The monoisotopic (exact) mass is 219 g/mol. The molecule has 1 N–H and O–H groups in total. The van der Waals surface area contributed by atoms with E-state index < -0.39 is 0 Å². The predicted molar refractivity (Wildman–Crippen MR) is 66.3 cm³/mol. The Hall–Kier alpha value is -0.930. The Morgan fingerprint density at radius 1 is 1.56 bits per heavy atom. The van der Waals surface area contributed by atoms with Gasteiger partial charge in [0.25, 0.3) is 0 Å². The largest absolute Gasteiger partial charge is 0.319 e. The molecule has 1 aliphatic rings. The minimum atomic E-state index is 0.826. The summed E-state index contributed by atoms with van der Waals surface area (Å²) >= 11 is 0. The number of pyridine rings is 1. The van der Waals surface area contributed by atoms with Crippen molar-refractivity contribution < 1.29 is 0 Å². The van der Waals surface area contributed by atoms with E-state index in [1.54, 1.807) is 0 Å². The van der Waals surface area contributed by atoms with Crippen LogP contribution in [0.3, 0.4) is 0 Å². The summed E-state index contributed by atoms with van der Waals surface area (Å²) in [6.45, 7) is 6.82. The molecule has 0 aliphatic carbocycles. The van der Waals surface area contributed by atoms with Gasteiger partial charge in [0.05, 0.1) is 0 Å². The van der Waals surface area contributed by atoms with Crippen LogP contribution in [0.1, 0.15) is 17.5 Å². The molecule has 1 aromatic rings. The van der Waals surface area contributed by atoms with Crippen LogP contribution in [0, 0.1) is 12.8 Å². The summed E-state index contributed by atoms with van der Waals surface area (Å²) in [4.78, 5) is 6.68. The zero-order chi connectivity index (χ0) is 11.4. The molecule has 1 atom stereocenters. The molecule has 16 heavy (non-hydrogen) atoms. The number of rotatable bonds is 4. The third-order valence-electron chi connectivity index (χ3n) is 3.39. The minimum Gasteiger partial charge on any atom is -0.319 e. The number of hydrogen-bond acceptors (Lipinski definition) is 3. The van der Waals surface area contributed by atoms with Crippen LogP contribution < -0.4 is 5.32 Å². The molecule has 2 rings (SSSR count). The fourth-order valence-corrected chi connectivity index (χ4v) is 2.43. The highest BCUT2D eigenvalue weighted by Gasteiger charge is 2.21. The van der Waals surface area contributed by atoms with Gasteiger partial charge in [-0.2, -0.15) is 0 Å². The fraction of sp³-hybridized carbons (Fsp3) is 0.615. The molecule has 0 bridgehead atoms. The van der Waals surface area contributed by atoms with Crippen molar-refractivity contribution in [2.75, 3.05) is 26.7 Å². The van der Waals surface area contributed by atoms with Crippen LogP contribution in [0.25, 0.3) is 0 Å². The number of likely N-dealkylation sites (tertiary alicyclic amines) is 1. The van der Waals surface area contributed by atoms with Gasteiger partial charge in [0.15, 0.2) is 0 Å². The lowest BCUT2D eigenvalue weighted by atomic mass is 10.1. The van der Waals surface area contributed by atoms with Crippen molar-refractivity contribution >= 4 is 0 Å². The molecular formula is C13H21N3. The van der Waals surface area contributed by atoms with E-state index in [0.717, 1.165) is 19.0 Å². The third-order valence-corrected chi connectivity index (χ3v) is 3.39. The first-order valence-corrected chi connectivity index (χ1v) is 6.06. The first-order valence-electron chi connectivity index (χ1n) is 6.06. The van der Waals surface area contributed by atoms with Gasteiger partial charge in [-0.25, -0.2) is 0 Å². The van der Waals surface area contributed by atoms with Crippen molar-refractivity contribution in [1.29, 1.82) is 0 Å². The van der Waals surface area contributed by atoms with Crippen LogP contribution in [-0.4, -0.2) is 36.6 Å². The molecular weight excluding hydrogens is 198 g/mol. The zero-order valence-electron chi connectivity index (χ0n) is 10.2. The molecule has 1 saturated heterocycles. The van der Waals surface area contributed by atoms with Crippen molar-refractivity contribution in [3.63, 3.8) is 0 Å². The summed E-state index contributed by atoms with van der Waals surface area (Å²) in [7, 11) is 2.04. The molecule has 1 aliphatic heterocycles. The Kier molecular flexibility index (Phi) is 3.91. The summed E-state index contributed by atoms with van der Waals surface area (Å²) in [6.07, 6.45) is 5.17. The molecule has 88 valence electrons. The maximum atomic E-state index is 4.14. The van der Waals surface area contributed by atoms with Gasteiger partial charge in [-0.15, -0.1) is 0 Å². The molecule has 1 aromatic heterocycles. The van der Waals surface area contributed by atoms with Crippen molar-refractivity contribution in [3.05, 3.63) is 29.6 Å². The number of aryl methyl sites for hydroxylation is 1. The molecule has 0 aromatic carbocycles. The predicted octanol–water partition coefficient (Wildman–Crippen LogP) is 1.43. The SMILES string of the molecule is CNCC1CCN(Cc2ccncc2C)C1. The highest BCUT2D eigenvalue weighted by Crippen LogP contribution is 2.18. The quantitative estimate of drug-likeness (QED) is 0.830. The molecule has 0 saturated carbocycles. The summed E-state index contributed by atoms with van der Waals surface area (Å²) in [5.74, 6) is 0.826. The van der Waals surface area contributed by atoms with Gasteiger partial charge in [-0.05, 0) is 56.6 Å². The second-order valence-electron chi connectivity index (χ2n) is 4.75. The number of nitrogens with zero attached hydrogens (tertiary/aromatic N) is 2. The standard InChI is InChI=1S/C13H21N3/c1-11-7-15-5-3-13(11)10-16-6-4-12(9-16)8-14-2/h3,5,7,12,14H,4,6,8-10H2,1-2H3. The highest BCUT2D eigenvalue weighted by molar-refractivity contribution is 5.21. The summed E-state index contributed by atoms with van der Waals surface area (Å²) in [5.41, 5.74) is 2.72. The third kappa shape index (κ3) is 2.80. The van der Waals surface area contributed by atoms with E-state index in [0.29, 0.717) is 0 Å². The molecule has 3 nitrogen and oxygen atoms in total. The molecule has 0 radical (unpaired) electrons. The van der Waals surface area contributed by atoms with E-state index in [1.165, 1.54) is 30.6 Å². The Morgan fingerprint density at radius 3 is 3.19 bits per heavy atom. The van der Waals surface area contributed by atoms with Gasteiger partial charge in [0.2, 0.25) is 0 Å². The van der Waals surface area contributed by atoms with Crippen LogP contribution in [-0.2, 0) is 6.54 Å². The first kappa shape index (κ1) is 11.6. The second kappa shape index (κ2) is 5.41. The average Bonchev–Trinajstić information content (AvgIpc) is 2.70. The summed E-state index contributed by atoms with van der Waals surface area (Å²) < 4.78 is 0. The topological polar surface area (TPSA) is 28.2 Å². The zero-order valence-corrected chi connectivity index (χ0v) is 10.2. The number of nitrogens with one attached hydrogen (secondary N) is 1. The van der Waals surface area contributed by atoms with Crippen LogP contribution in [0.2, 0.25) is 0 Å². The lowest BCUT2D eigenvalue weighted by Crippen LogP contribution is -2.24. The molecule has 0 spiro atoms. The molecule has 1 unspecified atom stereocenters. The van der Waals surface area contributed by atoms with Gasteiger partial charge in [0, 0.05) is 25.5 Å². The van der Waals surface area contributed by atoms with Gasteiger partial charge in [-0.3, -0.25) is 9.88 Å². The Labute approximate surface area is 97.9 Å². The number of aromatic nitrogens is 1. The molecule has 0 amide bonds. The van der Waals surface area contributed by atoms with E-state index >= 15 is 0 Å². The van der Waals surface area contributed by atoms with Crippen molar-refractivity contribution in [2.45, 2.75) is 19.9 Å². The first-order chi connectivity index (χ1) is 7.79. The van der Waals surface area contributed by atoms with Crippen molar-refractivity contribution in [1.82, 2.24) is 15.2 Å². The Balaban J connectivity index is 1.90. The van der Waals surface area contributed by atoms with Crippen molar-refractivity contribution in [3.8, 4) is 0 Å².